The molecule has 0 saturated carbocycles. The van der Waals surface area contributed by atoms with Crippen LogP contribution in [0.4, 0.5) is 0 Å². The van der Waals surface area contributed by atoms with Crippen molar-refractivity contribution < 1.29 is 9.53 Å². The second-order valence-electron chi connectivity index (χ2n) is 5.79. The van der Waals surface area contributed by atoms with Crippen molar-refractivity contribution in [1.29, 1.82) is 0 Å². The van der Waals surface area contributed by atoms with E-state index in [1.54, 1.807) is 0 Å². The highest BCUT2D eigenvalue weighted by molar-refractivity contribution is 5.81. The van der Waals surface area contributed by atoms with Gasteiger partial charge >= 0.3 is 0 Å². The van der Waals surface area contributed by atoms with Gasteiger partial charge in [0.05, 0.1) is 12.6 Å². The van der Waals surface area contributed by atoms with E-state index in [0.29, 0.717) is 13.0 Å². The first-order valence-electron chi connectivity index (χ1n) is 7.85. The van der Waals surface area contributed by atoms with Crippen LogP contribution in [0.2, 0.25) is 0 Å². The van der Waals surface area contributed by atoms with Gasteiger partial charge in [-0.1, -0.05) is 42.5 Å². The number of rotatable bonds is 7. The molecule has 0 spiro atoms. The van der Waals surface area contributed by atoms with Gasteiger partial charge in [0.15, 0.2) is 0 Å². The summed E-state index contributed by atoms with van der Waals surface area (Å²) in [6, 6.07) is 17.1. The van der Waals surface area contributed by atoms with Crippen molar-refractivity contribution in [3.05, 3.63) is 65.7 Å². The van der Waals surface area contributed by atoms with Gasteiger partial charge in [-0.15, -0.1) is 0 Å². The molecule has 2 aromatic carbocycles. The Morgan fingerprint density at radius 3 is 2.61 bits per heavy atom. The normalized spacial score (nSPS) is 13.2. The van der Waals surface area contributed by atoms with E-state index >= 15 is 0 Å². The van der Waals surface area contributed by atoms with Crippen LogP contribution in [0.5, 0.6) is 5.75 Å². The molecule has 2 rings (SSSR count). The van der Waals surface area contributed by atoms with Gasteiger partial charge in [-0.3, -0.25) is 4.79 Å². The fraction of sp³-hybridized carbons (Fsp3) is 0.316. The highest BCUT2D eigenvalue weighted by atomic mass is 16.5. The first kappa shape index (κ1) is 17.0. The topological polar surface area (TPSA) is 64.3 Å². The molecule has 1 unspecified atom stereocenters. The Balaban J connectivity index is 1.77. The van der Waals surface area contributed by atoms with E-state index in [1.807, 2.05) is 68.4 Å². The maximum absolute atomic E-state index is 12.1. The Kier molecular flexibility index (Phi) is 6.18. The molecule has 23 heavy (non-hydrogen) atoms. The summed E-state index contributed by atoms with van der Waals surface area (Å²) in [4.78, 5) is 12.1. The zero-order valence-electron chi connectivity index (χ0n) is 13.7. The maximum atomic E-state index is 12.1. The molecule has 0 bridgehead atoms. The summed E-state index contributed by atoms with van der Waals surface area (Å²) in [5.41, 5.74) is 8.15. The van der Waals surface area contributed by atoms with Gasteiger partial charge in [0.25, 0.3) is 0 Å². The van der Waals surface area contributed by atoms with E-state index in [0.717, 1.165) is 16.9 Å². The monoisotopic (exact) mass is 312 g/mol. The van der Waals surface area contributed by atoms with E-state index in [9.17, 15) is 4.79 Å². The molecular formula is C19H24N2O2. The summed E-state index contributed by atoms with van der Waals surface area (Å²) in [5, 5.41) is 2.85. The minimum atomic E-state index is -0.552. The number of aryl methyl sites for hydroxylation is 1. The summed E-state index contributed by atoms with van der Waals surface area (Å²) in [6.45, 7) is 4.36. The number of carbonyl (C=O) groups excluding carboxylic acids is 1. The first-order chi connectivity index (χ1) is 11.0. The summed E-state index contributed by atoms with van der Waals surface area (Å²) in [7, 11) is 0. The highest BCUT2D eigenvalue weighted by Crippen LogP contribution is 2.13. The number of hydrogen-bond donors (Lipinski definition) is 2. The lowest BCUT2D eigenvalue weighted by Crippen LogP contribution is -2.45. The van der Waals surface area contributed by atoms with E-state index in [-0.39, 0.29) is 12.0 Å². The van der Waals surface area contributed by atoms with Crippen LogP contribution < -0.4 is 15.8 Å². The molecule has 122 valence electrons. The van der Waals surface area contributed by atoms with E-state index in [1.165, 1.54) is 0 Å². The van der Waals surface area contributed by atoms with Gasteiger partial charge in [-0.2, -0.15) is 0 Å². The van der Waals surface area contributed by atoms with Crippen molar-refractivity contribution >= 4 is 5.91 Å². The van der Waals surface area contributed by atoms with Gasteiger partial charge in [0, 0.05) is 0 Å². The van der Waals surface area contributed by atoms with Crippen LogP contribution in [0.1, 0.15) is 18.1 Å². The number of hydrogen-bond acceptors (Lipinski definition) is 3. The SMILES string of the molecule is Cc1cccc(OC(C)CNC(=O)[C@@H](N)Cc2ccccc2)c1. The largest absolute Gasteiger partial charge is 0.489 e. The zero-order chi connectivity index (χ0) is 16.7. The van der Waals surface area contributed by atoms with Crippen LogP contribution in [0, 0.1) is 6.92 Å². The average Bonchev–Trinajstić information content (AvgIpc) is 2.53. The lowest BCUT2D eigenvalue weighted by atomic mass is 10.1. The quantitative estimate of drug-likeness (QED) is 0.825. The fourth-order valence-corrected chi connectivity index (χ4v) is 2.30. The van der Waals surface area contributed by atoms with Crippen molar-refractivity contribution in [1.82, 2.24) is 5.32 Å². The van der Waals surface area contributed by atoms with Gasteiger partial charge in [0.1, 0.15) is 11.9 Å². The molecule has 0 fully saturated rings. The van der Waals surface area contributed by atoms with E-state index < -0.39 is 6.04 Å². The van der Waals surface area contributed by atoms with E-state index in [2.05, 4.69) is 5.32 Å². The lowest BCUT2D eigenvalue weighted by molar-refractivity contribution is -0.122. The summed E-state index contributed by atoms with van der Waals surface area (Å²) < 4.78 is 5.79. The minimum absolute atomic E-state index is 0.121. The molecule has 3 N–H and O–H groups in total. The standard InChI is InChI=1S/C19H24N2O2/c1-14-7-6-10-17(11-14)23-15(2)13-21-19(22)18(20)12-16-8-4-3-5-9-16/h3-11,15,18H,12-13,20H2,1-2H3,(H,21,22)/t15?,18-/m0/s1. The van der Waals surface area contributed by atoms with Crippen LogP contribution in [-0.2, 0) is 11.2 Å². The van der Waals surface area contributed by atoms with Crippen molar-refractivity contribution in [2.45, 2.75) is 32.4 Å². The molecule has 4 nitrogen and oxygen atoms in total. The van der Waals surface area contributed by atoms with Crippen molar-refractivity contribution in [3.8, 4) is 5.75 Å². The van der Waals surface area contributed by atoms with E-state index in [4.69, 9.17) is 10.5 Å². The van der Waals surface area contributed by atoms with Crippen LogP contribution in [0.25, 0.3) is 0 Å². The number of nitrogens with two attached hydrogens (primary N) is 1. The lowest BCUT2D eigenvalue weighted by Gasteiger charge is -2.18. The molecular weight excluding hydrogens is 288 g/mol. The number of carbonyl (C=O) groups is 1. The Morgan fingerprint density at radius 2 is 1.91 bits per heavy atom. The smallest absolute Gasteiger partial charge is 0.237 e. The minimum Gasteiger partial charge on any atom is -0.489 e. The first-order valence-corrected chi connectivity index (χ1v) is 7.85. The molecule has 0 heterocycles. The highest BCUT2D eigenvalue weighted by Gasteiger charge is 2.15. The van der Waals surface area contributed by atoms with Gasteiger partial charge < -0.3 is 15.8 Å². The predicted molar refractivity (Wildman–Crippen MR) is 92.4 cm³/mol. The molecule has 0 aliphatic heterocycles. The molecule has 4 heteroatoms. The molecule has 2 aromatic rings. The van der Waals surface area contributed by atoms with Gasteiger partial charge in [-0.25, -0.2) is 0 Å². The van der Waals surface area contributed by atoms with Crippen molar-refractivity contribution in [2.75, 3.05) is 6.54 Å². The van der Waals surface area contributed by atoms with Gasteiger partial charge in [0.2, 0.25) is 5.91 Å². The number of amides is 1. The van der Waals surface area contributed by atoms with Crippen molar-refractivity contribution in [2.24, 2.45) is 5.73 Å². The van der Waals surface area contributed by atoms with Crippen LogP contribution >= 0.6 is 0 Å². The maximum Gasteiger partial charge on any atom is 0.237 e. The number of benzene rings is 2. The Hall–Kier alpha value is -2.33. The second-order valence-corrected chi connectivity index (χ2v) is 5.79. The molecule has 0 radical (unpaired) electrons. The fourth-order valence-electron chi connectivity index (χ4n) is 2.30. The predicted octanol–water partition coefficient (Wildman–Crippen LogP) is 2.45. The Labute approximate surface area is 137 Å². The molecule has 1 amide bonds. The number of ether oxygens (including phenoxy) is 1. The molecule has 0 saturated heterocycles. The average molecular weight is 312 g/mol. The molecule has 0 aliphatic rings. The van der Waals surface area contributed by atoms with Crippen LogP contribution in [0.3, 0.4) is 0 Å². The molecule has 2 atom stereocenters. The third-order valence-corrected chi connectivity index (χ3v) is 3.53. The van der Waals surface area contributed by atoms with Crippen LogP contribution in [-0.4, -0.2) is 24.6 Å². The number of nitrogens with one attached hydrogen (secondary N) is 1. The zero-order valence-corrected chi connectivity index (χ0v) is 13.7. The third-order valence-electron chi connectivity index (χ3n) is 3.53. The molecule has 0 aromatic heterocycles. The summed E-state index contributed by atoms with van der Waals surface area (Å²) in [6.07, 6.45) is 0.407. The Morgan fingerprint density at radius 1 is 1.17 bits per heavy atom. The van der Waals surface area contributed by atoms with Crippen LogP contribution in [0.15, 0.2) is 54.6 Å². The second kappa shape index (κ2) is 8.34. The summed E-state index contributed by atoms with van der Waals surface area (Å²) in [5.74, 6) is 0.647. The molecule has 0 aliphatic carbocycles. The Bertz CT molecular complexity index is 628. The van der Waals surface area contributed by atoms with Gasteiger partial charge in [-0.05, 0) is 43.5 Å². The third kappa shape index (κ3) is 5.75. The summed E-state index contributed by atoms with van der Waals surface area (Å²) >= 11 is 0. The van der Waals surface area contributed by atoms with Crippen molar-refractivity contribution in [3.63, 3.8) is 0 Å².